The Morgan fingerprint density at radius 2 is 1.90 bits per heavy atom. The predicted octanol–water partition coefficient (Wildman–Crippen LogP) is 1.61. The lowest BCUT2D eigenvalue weighted by molar-refractivity contribution is -0.122. The van der Waals surface area contributed by atoms with E-state index in [4.69, 9.17) is 0 Å². The summed E-state index contributed by atoms with van der Waals surface area (Å²) in [6, 6.07) is 0. The monoisotopic (exact) mass is 281 g/mol. The van der Waals surface area contributed by atoms with Gasteiger partial charge in [-0.2, -0.15) is 0 Å². The number of nitrogens with zero attached hydrogens (tertiary/aromatic N) is 1. The highest BCUT2D eigenvalue weighted by Gasteiger charge is 2.24. The van der Waals surface area contributed by atoms with E-state index in [1.807, 2.05) is 0 Å². The Morgan fingerprint density at radius 3 is 2.55 bits per heavy atom. The third-order valence-electron chi connectivity index (χ3n) is 4.18. The lowest BCUT2D eigenvalue weighted by Crippen LogP contribution is -2.47. The Hall–Kier alpha value is -0.610. The van der Waals surface area contributed by atoms with Crippen LogP contribution in [0, 0.1) is 11.8 Å². The average molecular weight is 281 g/mol. The molecule has 2 N–H and O–H groups in total. The lowest BCUT2D eigenvalue weighted by Gasteiger charge is -2.34. The molecule has 0 spiro atoms. The van der Waals surface area contributed by atoms with Crippen LogP contribution >= 0.6 is 0 Å². The number of nitrogens with one attached hydrogen (secondary N) is 2. The zero-order chi connectivity index (χ0) is 14.6. The van der Waals surface area contributed by atoms with Crippen LogP contribution in [-0.4, -0.2) is 49.1 Å². The predicted molar refractivity (Wildman–Crippen MR) is 82.7 cm³/mol. The van der Waals surface area contributed by atoms with E-state index in [2.05, 4.69) is 36.3 Å². The maximum absolute atomic E-state index is 11.9. The highest BCUT2D eigenvalue weighted by atomic mass is 16.2. The Kier molecular flexibility index (Phi) is 5.44. The molecule has 1 aliphatic heterocycles. The van der Waals surface area contributed by atoms with Crippen molar-refractivity contribution < 1.29 is 4.79 Å². The molecule has 20 heavy (non-hydrogen) atoms. The van der Waals surface area contributed by atoms with Crippen molar-refractivity contribution in [3.63, 3.8) is 0 Å². The van der Waals surface area contributed by atoms with Gasteiger partial charge < -0.3 is 10.6 Å². The van der Waals surface area contributed by atoms with E-state index in [1.165, 1.54) is 25.7 Å². The molecule has 2 rings (SSSR count). The summed E-state index contributed by atoms with van der Waals surface area (Å²) in [6.07, 6.45) is 5.09. The third kappa shape index (κ3) is 6.23. The number of amides is 1. The maximum atomic E-state index is 11.9. The van der Waals surface area contributed by atoms with Crippen LogP contribution < -0.4 is 10.6 Å². The second-order valence-electron chi connectivity index (χ2n) is 7.62. The van der Waals surface area contributed by atoms with E-state index in [9.17, 15) is 4.79 Å². The molecule has 4 nitrogen and oxygen atoms in total. The van der Waals surface area contributed by atoms with Crippen molar-refractivity contribution in [2.75, 3.05) is 32.7 Å². The standard InChI is InChI=1S/C16H31N3O/c1-16(2,3)18-10-14-5-4-8-19(11-14)12-15(20)17-9-13-6-7-13/h13-14,18H,4-12H2,1-3H3,(H,17,20). The number of likely N-dealkylation sites (tertiary alicyclic amines) is 1. The van der Waals surface area contributed by atoms with E-state index >= 15 is 0 Å². The lowest BCUT2D eigenvalue weighted by atomic mass is 9.96. The van der Waals surface area contributed by atoms with Crippen molar-refractivity contribution in [1.82, 2.24) is 15.5 Å². The number of piperidine rings is 1. The van der Waals surface area contributed by atoms with Crippen molar-refractivity contribution >= 4 is 5.91 Å². The number of hydrogen-bond donors (Lipinski definition) is 2. The molecule has 2 aliphatic rings. The average Bonchev–Trinajstić information content (AvgIpc) is 3.18. The summed E-state index contributed by atoms with van der Waals surface area (Å²) in [5, 5.41) is 6.65. The molecule has 0 aromatic rings. The SMILES string of the molecule is CC(C)(C)NCC1CCCN(CC(=O)NCC2CC2)C1. The van der Waals surface area contributed by atoms with Crippen LogP contribution in [0.5, 0.6) is 0 Å². The van der Waals surface area contributed by atoms with Crippen LogP contribution in [0.2, 0.25) is 0 Å². The fourth-order valence-electron chi connectivity index (χ4n) is 2.75. The fourth-order valence-corrected chi connectivity index (χ4v) is 2.75. The van der Waals surface area contributed by atoms with Crippen molar-refractivity contribution in [3.05, 3.63) is 0 Å². The molecule has 116 valence electrons. The number of carbonyl (C=O) groups excluding carboxylic acids is 1. The van der Waals surface area contributed by atoms with Crippen molar-refractivity contribution in [3.8, 4) is 0 Å². The van der Waals surface area contributed by atoms with Gasteiger partial charge in [0.15, 0.2) is 0 Å². The highest BCUT2D eigenvalue weighted by molar-refractivity contribution is 5.78. The first kappa shape index (κ1) is 15.8. The van der Waals surface area contributed by atoms with Gasteiger partial charge in [0.25, 0.3) is 0 Å². The van der Waals surface area contributed by atoms with Gasteiger partial charge in [-0.25, -0.2) is 0 Å². The molecular weight excluding hydrogens is 250 g/mol. The van der Waals surface area contributed by atoms with Gasteiger partial charge in [0.2, 0.25) is 5.91 Å². The molecule has 4 heteroatoms. The highest BCUT2D eigenvalue weighted by Crippen LogP contribution is 2.27. The quantitative estimate of drug-likeness (QED) is 0.777. The Bertz CT molecular complexity index is 320. The normalized spacial score (nSPS) is 24.6. The van der Waals surface area contributed by atoms with Gasteiger partial charge >= 0.3 is 0 Å². The number of hydrogen-bond acceptors (Lipinski definition) is 3. The van der Waals surface area contributed by atoms with Crippen LogP contribution in [0.15, 0.2) is 0 Å². The topological polar surface area (TPSA) is 44.4 Å². The molecule has 0 aromatic carbocycles. The minimum atomic E-state index is 0.184. The second kappa shape index (κ2) is 6.90. The number of rotatable bonds is 6. The minimum absolute atomic E-state index is 0.184. The van der Waals surface area contributed by atoms with Crippen LogP contribution in [0.3, 0.4) is 0 Å². The molecule has 1 unspecified atom stereocenters. The molecule has 1 amide bonds. The zero-order valence-electron chi connectivity index (χ0n) is 13.4. The second-order valence-corrected chi connectivity index (χ2v) is 7.62. The van der Waals surface area contributed by atoms with Gasteiger partial charge in [-0.15, -0.1) is 0 Å². The van der Waals surface area contributed by atoms with Crippen LogP contribution in [-0.2, 0) is 4.79 Å². The van der Waals surface area contributed by atoms with Crippen molar-refractivity contribution in [2.45, 2.75) is 52.0 Å². The van der Waals surface area contributed by atoms with Crippen LogP contribution in [0.1, 0.15) is 46.5 Å². The van der Waals surface area contributed by atoms with Crippen LogP contribution in [0.25, 0.3) is 0 Å². The smallest absolute Gasteiger partial charge is 0.234 e. The summed E-state index contributed by atoms with van der Waals surface area (Å²) >= 11 is 0. The molecule has 0 aromatic heterocycles. The summed E-state index contributed by atoms with van der Waals surface area (Å²) in [7, 11) is 0. The van der Waals surface area contributed by atoms with E-state index in [1.54, 1.807) is 0 Å². The van der Waals surface area contributed by atoms with Gasteiger partial charge in [-0.05, 0) is 71.4 Å². The van der Waals surface area contributed by atoms with Crippen molar-refractivity contribution in [1.29, 1.82) is 0 Å². The molecule has 1 saturated carbocycles. The van der Waals surface area contributed by atoms with E-state index < -0.39 is 0 Å². The van der Waals surface area contributed by atoms with Gasteiger partial charge in [0.1, 0.15) is 0 Å². The van der Waals surface area contributed by atoms with Gasteiger partial charge in [-0.3, -0.25) is 9.69 Å². The van der Waals surface area contributed by atoms with E-state index in [0.29, 0.717) is 12.5 Å². The fraction of sp³-hybridized carbons (Fsp3) is 0.938. The Morgan fingerprint density at radius 1 is 1.15 bits per heavy atom. The summed E-state index contributed by atoms with van der Waals surface area (Å²) in [5.74, 6) is 1.66. The first-order valence-corrected chi connectivity index (χ1v) is 8.16. The maximum Gasteiger partial charge on any atom is 0.234 e. The molecule has 0 bridgehead atoms. The van der Waals surface area contributed by atoms with Crippen molar-refractivity contribution in [2.24, 2.45) is 11.8 Å². The summed E-state index contributed by atoms with van der Waals surface area (Å²) in [5.41, 5.74) is 0.184. The first-order chi connectivity index (χ1) is 9.42. The Balaban J connectivity index is 1.65. The number of carbonyl (C=O) groups is 1. The largest absolute Gasteiger partial charge is 0.355 e. The van der Waals surface area contributed by atoms with Gasteiger partial charge in [0, 0.05) is 18.6 Å². The molecule has 1 atom stereocenters. The third-order valence-corrected chi connectivity index (χ3v) is 4.18. The Labute approximate surface area is 123 Å². The van der Waals surface area contributed by atoms with E-state index in [-0.39, 0.29) is 11.4 Å². The zero-order valence-corrected chi connectivity index (χ0v) is 13.4. The molecule has 1 aliphatic carbocycles. The first-order valence-electron chi connectivity index (χ1n) is 8.16. The molecular formula is C16H31N3O. The molecule has 0 radical (unpaired) electrons. The molecule has 1 heterocycles. The van der Waals surface area contributed by atoms with Gasteiger partial charge in [0.05, 0.1) is 6.54 Å². The summed E-state index contributed by atoms with van der Waals surface area (Å²) in [6.45, 7) is 11.3. The molecule has 1 saturated heterocycles. The van der Waals surface area contributed by atoms with Crippen LogP contribution in [0.4, 0.5) is 0 Å². The van der Waals surface area contributed by atoms with Gasteiger partial charge in [-0.1, -0.05) is 0 Å². The van der Waals surface area contributed by atoms with E-state index in [0.717, 1.165) is 32.1 Å². The molecule has 2 fully saturated rings. The minimum Gasteiger partial charge on any atom is -0.355 e. The summed E-state index contributed by atoms with van der Waals surface area (Å²) < 4.78 is 0. The summed E-state index contributed by atoms with van der Waals surface area (Å²) in [4.78, 5) is 14.2.